The van der Waals surface area contributed by atoms with Gasteiger partial charge >= 0.3 is 5.97 Å². The number of benzene rings is 1. The summed E-state index contributed by atoms with van der Waals surface area (Å²) in [5.74, 6) is -2.41. The number of carbonyl (C=O) groups is 2. The van der Waals surface area contributed by atoms with E-state index in [1.165, 1.54) is 18.3 Å². The van der Waals surface area contributed by atoms with Crippen LogP contribution in [-0.2, 0) is 0 Å². The molecule has 0 bridgehead atoms. The molecular weight excluding hydrogens is 287 g/mol. The third-order valence-electron chi connectivity index (χ3n) is 2.42. The van der Waals surface area contributed by atoms with Gasteiger partial charge in [0.05, 0.1) is 10.7 Å². The molecule has 1 aromatic carbocycles. The maximum absolute atomic E-state index is 13.1. The van der Waals surface area contributed by atoms with Crippen LogP contribution in [0.15, 0.2) is 36.5 Å². The summed E-state index contributed by atoms with van der Waals surface area (Å²) >= 11 is 5.82. The average molecular weight is 295 g/mol. The lowest BCUT2D eigenvalue weighted by atomic mass is 10.2. The fourth-order valence-corrected chi connectivity index (χ4v) is 1.64. The highest BCUT2D eigenvalue weighted by molar-refractivity contribution is 6.33. The van der Waals surface area contributed by atoms with Gasteiger partial charge < -0.3 is 10.4 Å². The van der Waals surface area contributed by atoms with Crippen molar-refractivity contribution in [2.45, 2.75) is 0 Å². The Balaban J connectivity index is 2.26. The molecule has 0 spiro atoms. The number of carbonyl (C=O) groups excluding carboxylic acids is 1. The zero-order valence-corrected chi connectivity index (χ0v) is 10.7. The van der Waals surface area contributed by atoms with Gasteiger partial charge in [-0.05, 0) is 30.3 Å². The van der Waals surface area contributed by atoms with Crippen LogP contribution in [-0.4, -0.2) is 22.0 Å². The minimum absolute atomic E-state index is 0.0812. The Morgan fingerprint density at radius 3 is 2.70 bits per heavy atom. The molecule has 0 aliphatic carbocycles. The molecule has 2 rings (SSSR count). The number of aromatic nitrogens is 1. The summed E-state index contributed by atoms with van der Waals surface area (Å²) in [6.07, 6.45) is 1.20. The van der Waals surface area contributed by atoms with Crippen LogP contribution < -0.4 is 5.32 Å². The molecule has 2 aromatic rings. The zero-order chi connectivity index (χ0) is 14.7. The van der Waals surface area contributed by atoms with Crippen molar-refractivity contribution in [2.24, 2.45) is 0 Å². The standard InChI is InChI=1S/C13H8ClFN2O3/c14-9-2-1-8(15)6-10(9)17-12(18)7-3-4-16-11(5-7)13(19)20/h1-6H,(H,17,18)(H,19,20). The van der Waals surface area contributed by atoms with Crippen LogP contribution in [0.4, 0.5) is 10.1 Å². The van der Waals surface area contributed by atoms with Crippen molar-refractivity contribution in [3.8, 4) is 0 Å². The highest BCUT2D eigenvalue weighted by atomic mass is 35.5. The Kier molecular flexibility index (Phi) is 3.95. The van der Waals surface area contributed by atoms with Crippen molar-refractivity contribution < 1.29 is 19.1 Å². The second-order valence-electron chi connectivity index (χ2n) is 3.81. The van der Waals surface area contributed by atoms with Gasteiger partial charge in [0.25, 0.3) is 5.91 Å². The summed E-state index contributed by atoms with van der Waals surface area (Å²) in [4.78, 5) is 26.3. The molecule has 2 N–H and O–H groups in total. The van der Waals surface area contributed by atoms with E-state index < -0.39 is 17.7 Å². The van der Waals surface area contributed by atoms with Gasteiger partial charge in [-0.1, -0.05) is 11.6 Å². The molecule has 102 valence electrons. The lowest BCUT2D eigenvalue weighted by Crippen LogP contribution is -2.14. The minimum atomic E-state index is -1.25. The Hall–Kier alpha value is -2.47. The van der Waals surface area contributed by atoms with Crippen molar-refractivity contribution in [1.82, 2.24) is 4.98 Å². The van der Waals surface area contributed by atoms with Gasteiger partial charge in [-0.25, -0.2) is 14.2 Å². The van der Waals surface area contributed by atoms with Crippen LogP contribution >= 0.6 is 11.6 Å². The van der Waals surface area contributed by atoms with Crippen molar-refractivity contribution >= 4 is 29.2 Å². The number of hydrogen-bond acceptors (Lipinski definition) is 3. The summed E-state index contributed by atoms with van der Waals surface area (Å²) in [6, 6.07) is 5.99. The van der Waals surface area contributed by atoms with Crippen molar-refractivity contribution in [3.63, 3.8) is 0 Å². The number of carboxylic acid groups (broad SMARTS) is 1. The lowest BCUT2D eigenvalue weighted by Gasteiger charge is -2.07. The largest absolute Gasteiger partial charge is 0.477 e. The lowest BCUT2D eigenvalue weighted by molar-refractivity contribution is 0.0690. The maximum Gasteiger partial charge on any atom is 0.354 e. The van der Waals surface area contributed by atoms with E-state index in [0.29, 0.717) is 0 Å². The second-order valence-corrected chi connectivity index (χ2v) is 4.22. The van der Waals surface area contributed by atoms with Crippen LogP contribution in [0.2, 0.25) is 5.02 Å². The van der Waals surface area contributed by atoms with Gasteiger partial charge in [0.2, 0.25) is 0 Å². The molecule has 0 saturated heterocycles. The van der Waals surface area contributed by atoms with E-state index in [2.05, 4.69) is 10.3 Å². The molecule has 7 heteroatoms. The van der Waals surface area contributed by atoms with Gasteiger partial charge in [-0.15, -0.1) is 0 Å². The minimum Gasteiger partial charge on any atom is -0.477 e. The Morgan fingerprint density at radius 1 is 1.25 bits per heavy atom. The predicted octanol–water partition coefficient (Wildman–Crippen LogP) is 2.82. The first kappa shape index (κ1) is 14.0. The molecule has 0 saturated carbocycles. The van der Waals surface area contributed by atoms with Crippen molar-refractivity contribution in [2.75, 3.05) is 5.32 Å². The first-order valence-electron chi connectivity index (χ1n) is 5.43. The van der Waals surface area contributed by atoms with Crippen molar-refractivity contribution in [3.05, 3.63) is 58.6 Å². The molecule has 0 atom stereocenters. The Labute approximate surface area is 118 Å². The molecule has 20 heavy (non-hydrogen) atoms. The van der Waals surface area contributed by atoms with E-state index in [1.54, 1.807) is 0 Å². The van der Waals surface area contributed by atoms with E-state index in [-0.39, 0.29) is 22.0 Å². The van der Waals surface area contributed by atoms with Gasteiger partial charge in [0.1, 0.15) is 11.5 Å². The van der Waals surface area contributed by atoms with E-state index in [0.717, 1.165) is 18.2 Å². The first-order valence-corrected chi connectivity index (χ1v) is 5.81. The zero-order valence-electron chi connectivity index (χ0n) is 9.93. The molecule has 0 radical (unpaired) electrons. The van der Waals surface area contributed by atoms with Gasteiger partial charge in [0.15, 0.2) is 0 Å². The Morgan fingerprint density at radius 2 is 2.00 bits per heavy atom. The van der Waals surface area contributed by atoms with Gasteiger partial charge in [-0.3, -0.25) is 4.79 Å². The number of anilines is 1. The van der Waals surface area contributed by atoms with E-state index in [9.17, 15) is 14.0 Å². The SMILES string of the molecule is O=C(Nc1cc(F)ccc1Cl)c1ccnc(C(=O)O)c1. The van der Waals surface area contributed by atoms with Crippen LogP contribution in [0, 0.1) is 5.82 Å². The van der Waals surface area contributed by atoms with Crippen LogP contribution in [0.1, 0.15) is 20.8 Å². The van der Waals surface area contributed by atoms with Gasteiger partial charge in [0, 0.05) is 11.8 Å². The summed E-state index contributed by atoms with van der Waals surface area (Å²) in [5.41, 5.74) is -0.0777. The van der Waals surface area contributed by atoms with Gasteiger partial charge in [-0.2, -0.15) is 0 Å². The molecule has 0 fully saturated rings. The molecule has 1 aromatic heterocycles. The molecule has 0 unspecified atom stereocenters. The second kappa shape index (κ2) is 5.66. The number of nitrogens with zero attached hydrogens (tertiary/aromatic N) is 1. The topological polar surface area (TPSA) is 79.3 Å². The molecule has 5 nitrogen and oxygen atoms in total. The maximum atomic E-state index is 13.1. The Bertz CT molecular complexity index is 691. The summed E-state index contributed by atoms with van der Waals surface area (Å²) in [7, 11) is 0. The summed E-state index contributed by atoms with van der Waals surface area (Å²) in [5, 5.41) is 11.4. The fourth-order valence-electron chi connectivity index (χ4n) is 1.48. The highest BCUT2D eigenvalue weighted by Gasteiger charge is 2.12. The third kappa shape index (κ3) is 3.10. The number of rotatable bonds is 3. The number of aromatic carboxylic acids is 1. The number of nitrogens with one attached hydrogen (secondary N) is 1. The molecule has 1 heterocycles. The van der Waals surface area contributed by atoms with E-state index in [4.69, 9.17) is 16.7 Å². The quantitative estimate of drug-likeness (QED) is 0.912. The molecule has 0 aliphatic heterocycles. The summed E-state index contributed by atoms with van der Waals surface area (Å²) < 4.78 is 13.1. The smallest absolute Gasteiger partial charge is 0.354 e. The number of hydrogen-bond donors (Lipinski definition) is 2. The normalized spacial score (nSPS) is 10.1. The third-order valence-corrected chi connectivity index (χ3v) is 2.75. The fraction of sp³-hybridized carbons (Fsp3) is 0. The number of carboxylic acids is 1. The highest BCUT2D eigenvalue weighted by Crippen LogP contribution is 2.23. The van der Waals surface area contributed by atoms with Crippen LogP contribution in [0.25, 0.3) is 0 Å². The monoisotopic (exact) mass is 294 g/mol. The number of pyridine rings is 1. The first-order chi connectivity index (χ1) is 9.47. The van der Waals surface area contributed by atoms with E-state index >= 15 is 0 Å². The molecular formula is C13H8ClFN2O3. The average Bonchev–Trinajstić information content (AvgIpc) is 2.43. The number of halogens is 2. The predicted molar refractivity (Wildman–Crippen MR) is 70.6 cm³/mol. The van der Waals surface area contributed by atoms with Crippen LogP contribution in [0.3, 0.4) is 0 Å². The number of amides is 1. The molecule has 1 amide bonds. The summed E-state index contributed by atoms with van der Waals surface area (Å²) in [6.45, 7) is 0. The molecule has 0 aliphatic rings. The van der Waals surface area contributed by atoms with Crippen LogP contribution in [0.5, 0.6) is 0 Å². The van der Waals surface area contributed by atoms with E-state index in [1.807, 2.05) is 0 Å². The van der Waals surface area contributed by atoms with Crippen molar-refractivity contribution in [1.29, 1.82) is 0 Å².